The van der Waals surface area contributed by atoms with Gasteiger partial charge in [0, 0.05) is 15.7 Å². The molecule has 0 amide bonds. The predicted octanol–water partition coefficient (Wildman–Crippen LogP) is 6.51. The van der Waals surface area contributed by atoms with Crippen LogP contribution in [0.2, 0.25) is 10.0 Å². The van der Waals surface area contributed by atoms with Gasteiger partial charge in [-0.1, -0.05) is 61.7 Å². The maximum absolute atomic E-state index is 6.31. The molecule has 0 aliphatic heterocycles. The van der Waals surface area contributed by atoms with Crippen molar-refractivity contribution in [3.8, 4) is 0 Å². The molecule has 0 bridgehead atoms. The lowest BCUT2D eigenvalue weighted by atomic mass is 10.0. The summed E-state index contributed by atoms with van der Waals surface area (Å²) in [6, 6.07) is 14.5. The Kier molecular flexibility index (Phi) is 5.96. The molecule has 3 heteroatoms. The lowest BCUT2D eigenvalue weighted by Gasteiger charge is -2.20. The van der Waals surface area contributed by atoms with Gasteiger partial charge in [-0.05, 0) is 48.2 Å². The Hall–Kier alpha value is -1.18. The van der Waals surface area contributed by atoms with Gasteiger partial charge in [-0.15, -0.1) is 0 Å². The van der Waals surface area contributed by atoms with Crippen LogP contribution in [0.3, 0.4) is 0 Å². The second-order valence-corrected chi connectivity index (χ2v) is 6.06. The van der Waals surface area contributed by atoms with Gasteiger partial charge in [0.1, 0.15) is 0 Å². The number of rotatable bonds is 6. The number of halogens is 2. The first kappa shape index (κ1) is 16.2. The molecule has 1 unspecified atom stereocenters. The van der Waals surface area contributed by atoms with E-state index in [-0.39, 0.29) is 6.04 Å². The molecule has 1 nitrogen and oxygen atoms in total. The molecule has 0 aromatic heterocycles. The number of anilines is 1. The zero-order chi connectivity index (χ0) is 15.2. The van der Waals surface area contributed by atoms with Crippen molar-refractivity contribution in [2.45, 2.75) is 39.2 Å². The van der Waals surface area contributed by atoms with Gasteiger partial charge in [-0.25, -0.2) is 0 Å². The van der Waals surface area contributed by atoms with Gasteiger partial charge in [0.25, 0.3) is 0 Å². The van der Waals surface area contributed by atoms with E-state index in [0.29, 0.717) is 10.0 Å². The molecule has 21 heavy (non-hydrogen) atoms. The summed E-state index contributed by atoms with van der Waals surface area (Å²) in [7, 11) is 0. The minimum Gasteiger partial charge on any atom is -0.378 e. The van der Waals surface area contributed by atoms with Crippen molar-refractivity contribution < 1.29 is 0 Å². The zero-order valence-corrected chi connectivity index (χ0v) is 14.0. The molecule has 0 saturated heterocycles. The van der Waals surface area contributed by atoms with Crippen LogP contribution in [-0.4, -0.2) is 0 Å². The van der Waals surface area contributed by atoms with Crippen molar-refractivity contribution in [2.24, 2.45) is 0 Å². The quantitative estimate of drug-likeness (QED) is 0.639. The van der Waals surface area contributed by atoms with Crippen LogP contribution in [0.5, 0.6) is 0 Å². The fourth-order valence-corrected chi connectivity index (χ4v) is 2.98. The highest BCUT2D eigenvalue weighted by Gasteiger charge is 2.13. The Morgan fingerprint density at radius 1 is 1.00 bits per heavy atom. The number of hydrogen-bond donors (Lipinski definition) is 1. The van der Waals surface area contributed by atoms with E-state index in [2.05, 4.69) is 43.4 Å². The highest BCUT2D eigenvalue weighted by atomic mass is 35.5. The molecular formula is C18H21Cl2N. The number of benzene rings is 2. The normalized spacial score (nSPS) is 12.2. The summed E-state index contributed by atoms with van der Waals surface area (Å²) in [5.74, 6) is 0. The molecule has 1 atom stereocenters. The fraction of sp³-hybridized carbons (Fsp3) is 0.333. The predicted molar refractivity (Wildman–Crippen MR) is 93.6 cm³/mol. The zero-order valence-electron chi connectivity index (χ0n) is 12.5. The van der Waals surface area contributed by atoms with Crippen molar-refractivity contribution in [2.75, 3.05) is 5.32 Å². The van der Waals surface area contributed by atoms with Crippen LogP contribution >= 0.6 is 23.2 Å². The van der Waals surface area contributed by atoms with Gasteiger partial charge in [0.15, 0.2) is 0 Å². The van der Waals surface area contributed by atoms with Gasteiger partial charge in [-0.3, -0.25) is 0 Å². The third-order valence-corrected chi connectivity index (χ3v) is 4.14. The van der Waals surface area contributed by atoms with Crippen molar-refractivity contribution in [1.82, 2.24) is 0 Å². The lowest BCUT2D eigenvalue weighted by molar-refractivity contribution is 0.749. The molecule has 2 aromatic carbocycles. The van der Waals surface area contributed by atoms with E-state index in [0.717, 1.165) is 24.1 Å². The highest BCUT2D eigenvalue weighted by molar-refractivity contribution is 6.35. The second-order valence-electron chi connectivity index (χ2n) is 5.22. The summed E-state index contributed by atoms with van der Waals surface area (Å²) in [6.07, 6.45) is 3.25. The van der Waals surface area contributed by atoms with E-state index in [1.165, 1.54) is 12.0 Å². The Balaban J connectivity index is 2.14. The summed E-state index contributed by atoms with van der Waals surface area (Å²) in [4.78, 5) is 0. The van der Waals surface area contributed by atoms with Crippen molar-refractivity contribution >= 4 is 28.9 Å². The molecule has 112 valence electrons. The van der Waals surface area contributed by atoms with Crippen LogP contribution in [0.15, 0.2) is 42.5 Å². The molecule has 0 radical (unpaired) electrons. The van der Waals surface area contributed by atoms with Gasteiger partial charge in [0.2, 0.25) is 0 Å². The van der Waals surface area contributed by atoms with E-state index in [1.54, 1.807) is 6.07 Å². The molecule has 0 aliphatic carbocycles. The molecule has 0 fully saturated rings. The first-order chi connectivity index (χ1) is 10.1. The van der Waals surface area contributed by atoms with E-state index >= 15 is 0 Å². The molecule has 2 aromatic rings. The van der Waals surface area contributed by atoms with Crippen molar-refractivity contribution in [1.29, 1.82) is 0 Å². The third kappa shape index (κ3) is 4.39. The van der Waals surface area contributed by atoms with E-state index in [1.807, 2.05) is 12.1 Å². The van der Waals surface area contributed by atoms with Gasteiger partial charge >= 0.3 is 0 Å². The molecule has 0 spiro atoms. The third-order valence-electron chi connectivity index (χ3n) is 3.58. The fourth-order valence-electron chi connectivity index (χ4n) is 2.44. The number of hydrogen-bond acceptors (Lipinski definition) is 1. The SMILES string of the molecule is CCCc1ccc(NC(CC)c2ccc(Cl)cc2Cl)cc1. The second kappa shape index (κ2) is 7.72. The Labute approximate surface area is 137 Å². The summed E-state index contributed by atoms with van der Waals surface area (Å²) in [6.45, 7) is 4.34. The standard InChI is InChI=1S/C18H21Cl2N/c1-3-5-13-6-9-15(10-7-13)21-18(4-2)16-11-8-14(19)12-17(16)20/h6-12,18,21H,3-5H2,1-2H3. The first-order valence-corrected chi connectivity index (χ1v) is 8.20. The van der Waals surface area contributed by atoms with Crippen LogP contribution in [-0.2, 0) is 6.42 Å². The van der Waals surface area contributed by atoms with Crippen LogP contribution in [0.4, 0.5) is 5.69 Å². The lowest BCUT2D eigenvalue weighted by Crippen LogP contribution is -2.10. The van der Waals surface area contributed by atoms with Gasteiger partial charge in [-0.2, -0.15) is 0 Å². The molecule has 0 aliphatic rings. The minimum absolute atomic E-state index is 0.187. The average Bonchev–Trinajstić information content (AvgIpc) is 2.47. The number of nitrogens with one attached hydrogen (secondary N) is 1. The summed E-state index contributed by atoms with van der Waals surface area (Å²) >= 11 is 12.3. The monoisotopic (exact) mass is 321 g/mol. The van der Waals surface area contributed by atoms with Gasteiger partial charge in [0.05, 0.1) is 6.04 Å². The minimum atomic E-state index is 0.187. The maximum Gasteiger partial charge on any atom is 0.0525 e. The average molecular weight is 322 g/mol. The topological polar surface area (TPSA) is 12.0 Å². The molecule has 0 heterocycles. The molecule has 2 rings (SSSR count). The van der Waals surface area contributed by atoms with E-state index < -0.39 is 0 Å². The molecule has 1 N–H and O–H groups in total. The first-order valence-electron chi connectivity index (χ1n) is 7.44. The Morgan fingerprint density at radius 3 is 2.29 bits per heavy atom. The summed E-state index contributed by atoms with van der Waals surface area (Å²) in [5, 5.41) is 4.93. The highest BCUT2D eigenvalue weighted by Crippen LogP contribution is 2.30. The van der Waals surface area contributed by atoms with E-state index in [9.17, 15) is 0 Å². The van der Waals surface area contributed by atoms with Crippen LogP contribution in [0.1, 0.15) is 43.9 Å². The van der Waals surface area contributed by atoms with Crippen LogP contribution in [0, 0.1) is 0 Å². The number of aryl methyl sites for hydroxylation is 1. The Bertz CT molecular complexity index is 578. The van der Waals surface area contributed by atoms with Crippen molar-refractivity contribution in [3.63, 3.8) is 0 Å². The van der Waals surface area contributed by atoms with E-state index in [4.69, 9.17) is 23.2 Å². The van der Waals surface area contributed by atoms with Gasteiger partial charge < -0.3 is 5.32 Å². The van der Waals surface area contributed by atoms with Crippen LogP contribution in [0.25, 0.3) is 0 Å². The van der Waals surface area contributed by atoms with Crippen molar-refractivity contribution in [3.05, 3.63) is 63.6 Å². The van der Waals surface area contributed by atoms with Crippen LogP contribution < -0.4 is 5.32 Å². The largest absolute Gasteiger partial charge is 0.378 e. The summed E-state index contributed by atoms with van der Waals surface area (Å²) < 4.78 is 0. The Morgan fingerprint density at radius 2 is 1.71 bits per heavy atom. The molecular weight excluding hydrogens is 301 g/mol. The summed E-state index contributed by atoms with van der Waals surface area (Å²) in [5.41, 5.74) is 3.58. The maximum atomic E-state index is 6.31. The smallest absolute Gasteiger partial charge is 0.0525 e. The molecule has 0 saturated carbocycles.